The molecule has 4 aliphatic carbocycles. The summed E-state index contributed by atoms with van der Waals surface area (Å²) in [5, 5.41) is 10.5. The van der Waals surface area contributed by atoms with Crippen LogP contribution in [0.15, 0.2) is 42.5 Å². The Hall–Kier alpha value is -1.61. The first-order chi connectivity index (χ1) is 13.1. The van der Waals surface area contributed by atoms with Gasteiger partial charge in [-0.25, -0.2) is 0 Å². The van der Waals surface area contributed by atoms with Crippen molar-refractivity contribution >= 4 is 33.8 Å². The van der Waals surface area contributed by atoms with E-state index in [0.717, 1.165) is 35.0 Å². The number of hydrogen-bond donors (Lipinski definition) is 2. The van der Waals surface area contributed by atoms with Gasteiger partial charge in [-0.15, -0.1) is 0 Å². The second kappa shape index (κ2) is 6.77. The maximum atomic E-state index is 5.77. The molecule has 0 radical (unpaired) electrons. The van der Waals surface area contributed by atoms with Gasteiger partial charge in [-0.2, -0.15) is 0 Å². The van der Waals surface area contributed by atoms with E-state index in [1.54, 1.807) is 0 Å². The summed E-state index contributed by atoms with van der Waals surface area (Å²) in [7, 11) is 0. The molecule has 27 heavy (non-hydrogen) atoms. The minimum absolute atomic E-state index is 0.480. The molecule has 4 bridgehead atoms. The van der Waals surface area contributed by atoms with E-state index in [2.05, 4.69) is 60.0 Å². The number of fused-ring (bicyclic) bond motifs is 1. The van der Waals surface area contributed by atoms with Gasteiger partial charge in [0.25, 0.3) is 0 Å². The van der Waals surface area contributed by atoms with Gasteiger partial charge in [0, 0.05) is 17.1 Å². The lowest BCUT2D eigenvalue weighted by atomic mass is 9.47. The summed E-state index contributed by atoms with van der Waals surface area (Å²) in [6.07, 6.45) is 9.89. The van der Waals surface area contributed by atoms with Gasteiger partial charge in [0.2, 0.25) is 0 Å². The minimum Gasteiger partial charge on any atom is -0.359 e. The zero-order chi connectivity index (χ0) is 18.4. The van der Waals surface area contributed by atoms with Crippen LogP contribution >= 0.6 is 12.2 Å². The normalized spacial score (nSPS) is 32.4. The molecule has 2 N–H and O–H groups in total. The molecule has 1 atom stereocenters. The number of rotatable bonds is 4. The highest BCUT2D eigenvalue weighted by Crippen LogP contribution is 2.61. The highest BCUT2D eigenvalue weighted by molar-refractivity contribution is 7.80. The summed E-state index contributed by atoms with van der Waals surface area (Å²) in [6.45, 7) is 2.33. The topological polar surface area (TPSA) is 24.1 Å². The highest BCUT2D eigenvalue weighted by Gasteiger charge is 2.53. The summed E-state index contributed by atoms with van der Waals surface area (Å²) in [6, 6.07) is 15.4. The van der Waals surface area contributed by atoms with E-state index in [4.69, 9.17) is 12.2 Å². The molecule has 4 saturated carbocycles. The number of anilines is 1. The Morgan fingerprint density at radius 1 is 1.00 bits per heavy atom. The molecule has 4 aliphatic rings. The smallest absolute Gasteiger partial charge is 0.171 e. The third-order valence-corrected chi connectivity index (χ3v) is 7.80. The third-order valence-electron chi connectivity index (χ3n) is 7.58. The van der Waals surface area contributed by atoms with Crippen LogP contribution < -0.4 is 10.6 Å². The maximum Gasteiger partial charge on any atom is 0.171 e. The van der Waals surface area contributed by atoms with Crippen molar-refractivity contribution in [1.29, 1.82) is 0 Å². The lowest BCUT2D eigenvalue weighted by molar-refractivity contribution is -0.0709. The molecule has 6 rings (SSSR count). The molecule has 2 aromatic rings. The van der Waals surface area contributed by atoms with E-state index >= 15 is 0 Å². The standard InChI is InChI=1S/C24H30N2S/c1-2-22(24-13-16-10-17(14-24)12-18(11-16)15-24)26-23(27)25-21-9-5-7-19-6-3-4-8-20(19)21/h3-9,16-18,22H,2,10-15H2,1H3,(H2,25,26,27). The minimum atomic E-state index is 0.480. The lowest BCUT2D eigenvalue weighted by Gasteiger charge is -2.59. The van der Waals surface area contributed by atoms with Crippen LogP contribution in [0, 0.1) is 23.2 Å². The van der Waals surface area contributed by atoms with Gasteiger partial charge in [0.05, 0.1) is 0 Å². The van der Waals surface area contributed by atoms with Crippen molar-refractivity contribution in [2.75, 3.05) is 5.32 Å². The van der Waals surface area contributed by atoms with Crippen LogP contribution in [0.25, 0.3) is 10.8 Å². The Morgan fingerprint density at radius 3 is 2.30 bits per heavy atom. The number of nitrogens with one attached hydrogen (secondary N) is 2. The number of thiocarbonyl (C=S) groups is 1. The highest BCUT2D eigenvalue weighted by atomic mass is 32.1. The Balaban J connectivity index is 1.34. The summed E-state index contributed by atoms with van der Waals surface area (Å²) in [4.78, 5) is 0. The second-order valence-electron chi connectivity index (χ2n) is 9.37. The van der Waals surface area contributed by atoms with E-state index in [1.807, 2.05) is 0 Å². The zero-order valence-electron chi connectivity index (χ0n) is 16.2. The molecular formula is C24H30N2S. The van der Waals surface area contributed by atoms with E-state index in [9.17, 15) is 0 Å². The quantitative estimate of drug-likeness (QED) is 0.627. The molecule has 4 fully saturated rings. The molecule has 0 amide bonds. The van der Waals surface area contributed by atoms with E-state index < -0.39 is 0 Å². The second-order valence-corrected chi connectivity index (χ2v) is 9.77. The first kappa shape index (κ1) is 17.5. The van der Waals surface area contributed by atoms with Crippen LogP contribution in [0.4, 0.5) is 5.69 Å². The van der Waals surface area contributed by atoms with Crippen molar-refractivity contribution in [1.82, 2.24) is 5.32 Å². The molecule has 2 aromatic carbocycles. The van der Waals surface area contributed by atoms with Crippen molar-refractivity contribution in [3.8, 4) is 0 Å². The largest absolute Gasteiger partial charge is 0.359 e. The maximum absolute atomic E-state index is 5.77. The Morgan fingerprint density at radius 2 is 1.63 bits per heavy atom. The van der Waals surface area contributed by atoms with Gasteiger partial charge >= 0.3 is 0 Å². The van der Waals surface area contributed by atoms with Gasteiger partial charge < -0.3 is 10.6 Å². The predicted molar refractivity (Wildman–Crippen MR) is 118 cm³/mol. The summed E-state index contributed by atoms with van der Waals surface area (Å²) >= 11 is 5.77. The molecule has 0 spiro atoms. The summed E-state index contributed by atoms with van der Waals surface area (Å²) in [5.41, 5.74) is 1.58. The lowest BCUT2D eigenvalue weighted by Crippen LogP contribution is -2.57. The van der Waals surface area contributed by atoms with Crippen molar-refractivity contribution in [2.24, 2.45) is 23.2 Å². The summed E-state index contributed by atoms with van der Waals surface area (Å²) in [5.74, 6) is 2.94. The molecular weight excluding hydrogens is 348 g/mol. The third kappa shape index (κ3) is 3.14. The van der Waals surface area contributed by atoms with Crippen LogP contribution in [-0.2, 0) is 0 Å². The van der Waals surface area contributed by atoms with Crippen LogP contribution in [-0.4, -0.2) is 11.2 Å². The van der Waals surface area contributed by atoms with Crippen molar-refractivity contribution in [2.45, 2.75) is 57.9 Å². The fraction of sp³-hybridized carbons (Fsp3) is 0.542. The molecule has 3 heteroatoms. The van der Waals surface area contributed by atoms with Crippen molar-refractivity contribution in [3.63, 3.8) is 0 Å². The molecule has 0 aliphatic heterocycles. The van der Waals surface area contributed by atoms with Gasteiger partial charge in [-0.3, -0.25) is 0 Å². The van der Waals surface area contributed by atoms with Crippen molar-refractivity contribution in [3.05, 3.63) is 42.5 Å². The molecule has 2 nitrogen and oxygen atoms in total. The Kier molecular flexibility index (Phi) is 4.39. The molecule has 0 saturated heterocycles. The van der Waals surface area contributed by atoms with E-state index in [0.29, 0.717) is 11.5 Å². The number of benzene rings is 2. The predicted octanol–water partition coefficient (Wildman–Crippen LogP) is 6.12. The Labute approximate surface area is 168 Å². The van der Waals surface area contributed by atoms with Crippen LogP contribution in [0.2, 0.25) is 0 Å². The number of hydrogen-bond acceptors (Lipinski definition) is 1. The van der Waals surface area contributed by atoms with E-state index in [-0.39, 0.29) is 0 Å². The van der Waals surface area contributed by atoms with Gasteiger partial charge in [0.15, 0.2) is 5.11 Å². The van der Waals surface area contributed by atoms with Gasteiger partial charge in [0.1, 0.15) is 0 Å². The fourth-order valence-electron chi connectivity index (χ4n) is 6.94. The van der Waals surface area contributed by atoms with Crippen LogP contribution in [0.1, 0.15) is 51.9 Å². The van der Waals surface area contributed by atoms with Gasteiger partial charge in [-0.1, -0.05) is 43.3 Å². The summed E-state index contributed by atoms with van der Waals surface area (Å²) < 4.78 is 0. The van der Waals surface area contributed by atoms with E-state index in [1.165, 1.54) is 49.3 Å². The molecule has 0 heterocycles. The first-order valence-electron chi connectivity index (χ1n) is 10.7. The first-order valence-corrected chi connectivity index (χ1v) is 11.1. The van der Waals surface area contributed by atoms with Crippen LogP contribution in [0.3, 0.4) is 0 Å². The SMILES string of the molecule is CCC(NC(=S)Nc1cccc2ccccc12)C12CC3CC(CC(C3)C1)C2. The zero-order valence-corrected chi connectivity index (χ0v) is 17.0. The monoisotopic (exact) mass is 378 g/mol. The fourth-order valence-corrected chi connectivity index (χ4v) is 7.20. The van der Waals surface area contributed by atoms with Gasteiger partial charge in [-0.05, 0) is 91.8 Å². The van der Waals surface area contributed by atoms with Crippen LogP contribution in [0.5, 0.6) is 0 Å². The molecule has 1 unspecified atom stereocenters. The average molecular weight is 379 g/mol. The molecule has 0 aromatic heterocycles. The Bertz CT molecular complexity index is 818. The average Bonchev–Trinajstić information content (AvgIpc) is 2.65. The van der Waals surface area contributed by atoms with Crippen molar-refractivity contribution < 1.29 is 0 Å². The molecule has 142 valence electrons.